The Hall–Kier alpha value is -1.36. The monoisotopic (exact) mass is 296 g/mol. The predicted molar refractivity (Wildman–Crippen MR) is 79.1 cm³/mol. The normalized spacial score (nSPS) is 23.8. The molecule has 2 aliphatic rings. The number of benzene rings is 1. The average Bonchev–Trinajstić information content (AvgIpc) is 2.69. The molecule has 0 spiro atoms. The van der Waals surface area contributed by atoms with E-state index in [9.17, 15) is 8.78 Å². The summed E-state index contributed by atoms with van der Waals surface area (Å²) in [6.45, 7) is 1.32. The Morgan fingerprint density at radius 1 is 1.05 bits per heavy atom. The van der Waals surface area contributed by atoms with E-state index in [2.05, 4.69) is 14.5 Å². The minimum atomic E-state index is -2.77. The number of nitrogens with zero attached hydrogens (tertiary/aromatic N) is 2. The maximum absolute atomic E-state index is 12.6. The number of rotatable bonds is 3. The summed E-state index contributed by atoms with van der Waals surface area (Å²) in [6, 6.07) is 7.69. The van der Waals surface area contributed by atoms with Crippen molar-refractivity contribution in [3.05, 3.63) is 24.3 Å². The molecule has 2 fully saturated rings. The highest BCUT2D eigenvalue weighted by Gasteiger charge is 2.28. The van der Waals surface area contributed by atoms with Gasteiger partial charge in [0.2, 0.25) is 0 Å². The number of fused-ring (bicyclic) bond motifs is 1. The number of hydrogen-bond donors (Lipinski definition) is 0. The average molecular weight is 296 g/mol. The summed E-state index contributed by atoms with van der Waals surface area (Å²) in [5, 5.41) is 0. The Kier molecular flexibility index (Phi) is 4.58. The second kappa shape index (κ2) is 6.60. The Labute approximate surface area is 124 Å². The highest BCUT2D eigenvalue weighted by Crippen LogP contribution is 2.32. The van der Waals surface area contributed by atoms with E-state index in [1.807, 2.05) is 12.1 Å². The first-order valence-electron chi connectivity index (χ1n) is 7.77. The molecule has 21 heavy (non-hydrogen) atoms. The van der Waals surface area contributed by atoms with E-state index in [-0.39, 0.29) is 5.75 Å². The van der Waals surface area contributed by atoms with Gasteiger partial charge in [0, 0.05) is 25.7 Å². The van der Waals surface area contributed by atoms with Crippen LogP contribution in [0.2, 0.25) is 0 Å². The van der Waals surface area contributed by atoms with Gasteiger partial charge in [-0.15, -0.1) is 0 Å². The van der Waals surface area contributed by atoms with Crippen molar-refractivity contribution >= 4 is 5.69 Å². The molecule has 0 bridgehead atoms. The molecule has 0 radical (unpaired) electrons. The number of piperidine rings is 1. The smallest absolute Gasteiger partial charge is 0.387 e. The fourth-order valence-corrected chi connectivity index (χ4v) is 3.50. The third-order valence-corrected chi connectivity index (χ3v) is 4.48. The first-order valence-corrected chi connectivity index (χ1v) is 7.77. The first kappa shape index (κ1) is 14.6. The molecule has 3 nitrogen and oxygen atoms in total. The molecule has 2 saturated heterocycles. The largest absolute Gasteiger partial charge is 0.433 e. The first-order chi connectivity index (χ1) is 10.2. The van der Waals surface area contributed by atoms with Gasteiger partial charge < -0.3 is 9.64 Å². The third kappa shape index (κ3) is 3.46. The third-order valence-electron chi connectivity index (χ3n) is 4.48. The van der Waals surface area contributed by atoms with E-state index in [0.29, 0.717) is 6.04 Å². The predicted octanol–water partition coefficient (Wildman–Crippen LogP) is 3.35. The van der Waals surface area contributed by atoms with Gasteiger partial charge in [0.25, 0.3) is 0 Å². The summed E-state index contributed by atoms with van der Waals surface area (Å²) in [6.07, 6.45) is 4.82. The minimum absolute atomic E-state index is 0.289. The molecular weight excluding hydrogens is 274 g/mol. The van der Waals surface area contributed by atoms with Crippen molar-refractivity contribution in [2.24, 2.45) is 0 Å². The summed E-state index contributed by atoms with van der Waals surface area (Å²) >= 11 is 0. The van der Waals surface area contributed by atoms with Gasteiger partial charge in [0.05, 0.1) is 5.69 Å². The summed E-state index contributed by atoms with van der Waals surface area (Å²) in [7, 11) is 0. The van der Waals surface area contributed by atoms with Crippen molar-refractivity contribution in [3.63, 3.8) is 0 Å². The lowest BCUT2D eigenvalue weighted by molar-refractivity contribution is -0.0495. The summed E-state index contributed by atoms with van der Waals surface area (Å²) in [5.74, 6) is 0.289. The summed E-state index contributed by atoms with van der Waals surface area (Å²) < 4.78 is 29.8. The van der Waals surface area contributed by atoms with Gasteiger partial charge >= 0.3 is 6.61 Å². The lowest BCUT2D eigenvalue weighted by atomic mass is 10.0. The molecule has 1 atom stereocenters. The Balaban J connectivity index is 1.79. The molecule has 0 N–H and O–H groups in total. The number of anilines is 1. The van der Waals surface area contributed by atoms with Gasteiger partial charge in [-0.2, -0.15) is 8.78 Å². The molecule has 1 aromatic rings. The van der Waals surface area contributed by atoms with Crippen LogP contribution in [0.25, 0.3) is 0 Å². The van der Waals surface area contributed by atoms with Crippen molar-refractivity contribution in [1.82, 2.24) is 4.90 Å². The summed E-state index contributed by atoms with van der Waals surface area (Å²) in [5.41, 5.74) is 0.797. The molecule has 116 valence electrons. The molecule has 1 unspecified atom stereocenters. The SMILES string of the molecule is FC(F)Oc1ccccc1N1CCCN2CCCCC2C1. The molecule has 0 aliphatic carbocycles. The van der Waals surface area contributed by atoms with Crippen molar-refractivity contribution < 1.29 is 13.5 Å². The van der Waals surface area contributed by atoms with Crippen molar-refractivity contribution in [1.29, 1.82) is 0 Å². The van der Waals surface area contributed by atoms with Gasteiger partial charge in [-0.05, 0) is 37.9 Å². The molecule has 2 heterocycles. The van der Waals surface area contributed by atoms with E-state index in [0.717, 1.165) is 31.7 Å². The van der Waals surface area contributed by atoms with Gasteiger partial charge in [0.1, 0.15) is 5.75 Å². The van der Waals surface area contributed by atoms with E-state index in [1.54, 1.807) is 12.1 Å². The zero-order valence-electron chi connectivity index (χ0n) is 12.2. The van der Waals surface area contributed by atoms with Crippen LogP contribution < -0.4 is 9.64 Å². The van der Waals surface area contributed by atoms with Gasteiger partial charge in [0.15, 0.2) is 0 Å². The zero-order chi connectivity index (χ0) is 14.7. The fraction of sp³-hybridized carbons (Fsp3) is 0.625. The van der Waals surface area contributed by atoms with E-state index < -0.39 is 6.61 Å². The second-order valence-electron chi connectivity index (χ2n) is 5.83. The molecule has 0 saturated carbocycles. The van der Waals surface area contributed by atoms with Crippen LogP contribution in [0, 0.1) is 0 Å². The topological polar surface area (TPSA) is 15.7 Å². The van der Waals surface area contributed by atoms with Crippen molar-refractivity contribution in [2.45, 2.75) is 38.3 Å². The van der Waals surface area contributed by atoms with E-state index >= 15 is 0 Å². The molecule has 5 heteroatoms. The molecule has 0 amide bonds. The van der Waals surface area contributed by atoms with Gasteiger partial charge in [-0.1, -0.05) is 18.6 Å². The highest BCUT2D eigenvalue weighted by atomic mass is 19.3. The van der Waals surface area contributed by atoms with Crippen LogP contribution in [0.1, 0.15) is 25.7 Å². The number of ether oxygens (including phenoxy) is 1. The van der Waals surface area contributed by atoms with Gasteiger partial charge in [-0.3, -0.25) is 4.90 Å². The maximum atomic E-state index is 12.6. The minimum Gasteiger partial charge on any atom is -0.433 e. The standard InChI is InChI=1S/C16H22F2N2O/c17-16(18)21-15-8-2-1-7-14(15)20-11-5-10-19-9-4-3-6-13(19)12-20/h1-2,7-8,13,16H,3-6,9-12H2. The Morgan fingerprint density at radius 2 is 1.86 bits per heavy atom. The lowest BCUT2D eigenvalue weighted by Crippen LogP contribution is -2.44. The lowest BCUT2D eigenvalue weighted by Gasteiger charge is -2.36. The number of hydrogen-bond acceptors (Lipinski definition) is 3. The van der Waals surface area contributed by atoms with E-state index in [4.69, 9.17) is 0 Å². The molecule has 2 aliphatic heterocycles. The van der Waals surface area contributed by atoms with Crippen molar-refractivity contribution in [3.8, 4) is 5.75 Å². The molecule has 3 rings (SSSR count). The van der Waals surface area contributed by atoms with Crippen LogP contribution in [0.5, 0.6) is 5.75 Å². The fourth-order valence-electron chi connectivity index (χ4n) is 3.50. The quantitative estimate of drug-likeness (QED) is 0.850. The zero-order valence-corrected chi connectivity index (χ0v) is 12.2. The van der Waals surface area contributed by atoms with Crippen LogP contribution in [-0.4, -0.2) is 43.7 Å². The van der Waals surface area contributed by atoms with Gasteiger partial charge in [-0.25, -0.2) is 0 Å². The van der Waals surface area contributed by atoms with Crippen LogP contribution >= 0.6 is 0 Å². The van der Waals surface area contributed by atoms with Crippen molar-refractivity contribution in [2.75, 3.05) is 31.1 Å². The number of para-hydroxylation sites is 2. The Bertz CT molecular complexity index is 469. The summed E-state index contributed by atoms with van der Waals surface area (Å²) in [4.78, 5) is 4.77. The molecule has 0 aromatic heterocycles. The second-order valence-corrected chi connectivity index (χ2v) is 5.83. The highest BCUT2D eigenvalue weighted by molar-refractivity contribution is 5.58. The molecule has 1 aromatic carbocycles. The van der Waals surface area contributed by atoms with Crippen LogP contribution in [0.4, 0.5) is 14.5 Å². The van der Waals surface area contributed by atoms with Crippen LogP contribution in [0.15, 0.2) is 24.3 Å². The van der Waals surface area contributed by atoms with Crippen LogP contribution in [-0.2, 0) is 0 Å². The van der Waals surface area contributed by atoms with Crippen LogP contribution in [0.3, 0.4) is 0 Å². The Morgan fingerprint density at radius 3 is 2.71 bits per heavy atom. The van der Waals surface area contributed by atoms with E-state index in [1.165, 1.54) is 25.8 Å². The number of halogens is 2. The molecular formula is C16H22F2N2O. The number of alkyl halides is 2. The maximum Gasteiger partial charge on any atom is 0.387 e.